The summed E-state index contributed by atoms with van der Waals surface area (Å²) in [6.07, 6.45) is 1.61. The number of nitrogens with zero attached hydrogens (tertiary/aromatic N) is 3. The number of pyridine rings is 1. The number of rotatable bonds is 6. The van der Waals surface area contributed by atoms with Gasteiger partial charge in [-0.05, 0) is 36.4 Å². The normalized spacial score (nSPS) is 15.7. The topological polar surface area (TPSA) is 65.5 Å². The Balaban J connectivity index is 1.32. The van der Waals surface area contributed by atoms with E-state index >= 15 is 0 Å². The summed E-state index contributed by atoms with van der Waals surface area (Å²) >= 11 is 5.96. The lowest BCUT2D eigenvalue weighted by Crippen LogP contribution is -2.48. The molecule has 6 nitrogen and oxygen atoms in total. The molecule has 152 valence electrons. The zero-order valence-corrected chi connectivity index (χ0v) is 17.5. The van der Waals surface area contributed by atoms with Gasteiger partial charge < -0.3 is 4.90 Å². The van der Waals surface area contributed by atoms with Crippen LogP contribution in [0.3, 0.4) is 0 Å². The number of hydrogen-bond donors (Lipinski definition) is 1. The predicted molar refractivity (Wildman–Crippen MR) is 117 cm³/mol. The number of nitrogens with one attached hydrogen (secondary N) is 1. The molecule has 0 amide bonds. The van der Waals surface area contributed by atoms with Crippen LogP contribution in [0.2, 0.25) is 5.02 Å². The minimum atomic E-state index is -3.61. The molecule has 0 atom stereocenters. The first-order valence-corrected chi connectivity index (χ1v) is 11.5. The van der Waals surface area contributed by atoms with Crippen molar-refractivity contribution >= 4 is 38.2 Å². The number of halogens is 1. The first kappa shape index (κ1) is 20.1. The van der Waals surface area contributed by atoms with Gasteiger partial charge >= 0.3 is 0 Å². The van der Waals surface area contributed by atoms with E-state index in [0.717, 1.165) is 36.6 Å². The van der Waals surface area contributed by atoms with Crippen molar-refractivity contribution in [3.05, 3.63) is 65.8 Å². The average Bonchev–Trinajstić information content (AvgIpc) is 2.74. The van der Waals surface area contributed by atoms with E-state index in [1.54, 1.807) is 24.4 Å². The molecule has 0 spiro atoms. The highest BCUT2D eigenvalue weighted by atomic mass is 35.5. The van der Waals surface area contributed by atoms with Crippen LogP contribution in [0.1, 0.15) is 0 Å². The number of sulfonamides is 1. The van der Waals surface area contributed by atoms with Crippen LogP contribution >= 0.6 is 11.6 Å². The Morgan fingerprint density at radius 3 is 2.45 bits per heavy atom. The van der Waals surface area contributed by atoms with E-state index in [4.69, 9.17) is 11.6 Å². The third kappa shape index (κ3) is 4.70. The van der Waals surface area contributed by atoms with E-state index < -0.39 is 10.0 Å². The molecule has 0 unspecified atom stereocenters. The van der Waals surface area contributed by atoms with Crippen LogP contribution < -0.4 is 9.62 Å². The Hall–Kier alpha value is -2.19. The molecular weight excluding hydrogens is 408 g/mol. The summed E-state index contributed by atoms with van der Waals surface area (Å²) < 4.78 is 28.3. The van der Waals surface area contributed by atoms with Gasteiger partial charge in [-0.1, -0.05) is 29.8 Å². The third-order valence-corrected chi connectivity index (χ3v) is 6.91. The second-order valence-corrected chi connectivity index (χ2v) is 9.21. The minimum absolute atomic E-state index is 0.225. The lowest BCUT2D eigenvalue weighted by atomic mass is 10.2. The van der Waals surface area contributed by atoms with Crippen molar-refractivity contribution in [1.29, 1.82) is 0 Å². The third-order valence-electron chi connectivity index (χ3n) is 5.17. The van der Waals surface area contributed by atoms with Gasteiger partial charge in [0.25, 0.3) is 0 Å². The molecule has 0 radical (unpaired) electrons. The highest BCUT2D eigenvalue weighted by molar-refractivity contribution is 7.89. The summed E-state index contributed by atoms with van der Waals surface area (Å²) in [6.45, 7) is 4.63. The second-order valence-electron chi connectivity index (χ2n) is 7.03. The van der Waals surface area contributed by atoms with Gasteiger partial charge in [0.15, 0.2) is 0 Å². The quantitative estimate of drug-likeness (QED) is 0.651. The van der Waals surface area contributed by atoms with Crippen molar-refractivity contribution in [2.45, 2.75) is 4.90 Å². The lowest BCUT2D eigenvalue weighted by molar-refractivity contribution is 0.262. The summed E-state index contributed by atoms with van der Waals surface area (Å²) in [5, 5.41) is 1.55. The van der Waals surface area contributed by atoms with Gasteiger partial charge in [-0.15, -0.1) is 0 Å². The molecule has 1 saturated heterocycles. The zero-order valence-electron chi connectivity index (χ0n) is 16.0. The zero-order chi connectivity index (χ0) is 20.3. The SMILES string of the molecule is O=S(=O)(NCCN1CCN(c2ccc(Cl)cc2)CC1)c1cccc2cccnc12. The Kier molecular flexibility index (Phi) is 6.01. The van der Waals surface area contributed by atoms with Crippen LogP contribution in [0.15, 0.2) is 65.7 Å². The van der Waals surface area contributed by atoms with Gasteiger partial charge in [0.1, 0.15) is 4.90 Å². The van der Waals surface area contributed by atoms with Crippen LogP contribution in [0.25, 0.3) is 10.9 Å². The minimum Gasteiger partial charge on any atom is -0.369 e. The summed E-state index contributed by atoms with van der Waals surface area (Å²) in [6, 6.07) is 16.7. The Bertz CT molecular complexity index is 1080. The van der Waals surface area contributed by atoms with Gasteiger partial charge in [0.05, 0.1) is 5.52 Å². The van der Waals surface area contributed by atoms with Crippen LogP contribution in [-0.2, 0) is 10.0 Å². The first-order chi connectivity index (χ1) is 14.0. The van der Waals surface area contributed by atoms with E-state index in [9.17, 15) is 8.42 Å². The van der Waals surface area contributed by atoms with Gasteiger partial charge in [0, 0.05) is 61.6 Å². The number of aromatic nitrogens is 1. The van der Waals surface area contributed by atoms with E-state index in [2.05, 4.69) is 19.5 Å². The van der Waals surface area contributed by atoms with E-state index in [1.165, 1.54) is 5.69 Å². The molecule has 0 aliphatic carbocycles. The van der Waals surface area contributed by atoms with E-state index in [-0.39, 0.29) is 4.90 Å². The number of anilines is 1. The Labute approximate surface area is 176 Å². The first-order valence-electron chi connectivity index (χ1n) is 9.59. The molecule has 1 aromatic heterocycles. The smallest absolute Gasteiger partial charge is 0.242 e. The summed E-state index contributed by atoms with van der Waals surface area (Å²) in [5.74, 6) is 0. The molecule has 1 fully saturated rings. The van der Waals surface area contributed by atoms with Crippen molar-refractivity contribution in [1.82, 2.24) is 14.6 Å². The summed E-state index contributed by atoms with van der Waals surface area (Å²) in [7, 11) is -3.61. The molecule has 2 aromatic carbocycles. The highest BCUT2D eigenvalue weighted by Gasteiger charge is 2.20. The Morgan fingerprint density at radius 1 is 0.966 bits per heavy atom. The van der Waals surface area contributed by atoms with Gasteiger partial charge in [0.2, 0.25) is 10.0 Å². The molecule has 8 heteroatoms. The molecule has 1 aliphatic rings. The molecule has 4 rings (SSSR count). The van der Waals surface area contributed by atoms with Crippen molar-refractivity contribution in [3.63, 3.8) is 0 Å². The standard InChI is InChI=1S/C21H23ClN4O2S/c22-18-6-8-19(9-7-18)26-15-13-25(14-16-26)12-11-24-29(27,28)20-5-1-3-17-4-2-10-23-21(17)20/h1-10,24H,11-16H2. The van der Waals surface area contributed by atoms with Crippen molar-refractivity contribution in [2.75, 3.05) is 44.2 Å². The van der Waals surface area contributed by atoms with E-state index in [0.29, 0.717) is 18.6 Å². The van der Waals surface area contributed by atoms with Gasteiger partial charge in [-0.3, -0.25) is 9.88 Å². The largest absolute Gasteiger partial charge is 0.369 e. The fourth-order valence-electron chi connectivity index (χ4n) is 3.59. The van der Waals surface area contributed by atoms with Gasteiger partial charge in [-0.2, -0.15) is 0 Å². The van der Waals surface area contributed by atoms with E-state index in [1.807, 2.05) is 36.4 Å². The maximum Gasteiger partial charge on any atom is 0.242 e. The lowest BCUT2D eigenvalue weighted by Gasteiger charge is -2.36. The highest BCUT2D eigenvalue weighted by Crippen LogP contribution is 2.21. The van der Waals surface area contributed by atoms with Crippen molar-refractivity contribution < 1.29 is 8.42 Å². The molecule has 3 aromatic rings. The monoisotopic (exact) mass is 430 g/mol. The second kappa shape index (κ2) is 8.67. The van der Waals surface area contributed by atoms with Crippen LogP contribution in [0.4, 0.5) is 5.69 Å². The molecule has 29 heavy (non-hydrogen) atoms. The number of benzene rings is 2. The van der Waals surface area contributed by atoms with Crippen molar-refractivity contribution in [2.24, 2.45) is 0 Å². The molecule has 1 N–H and O–H groups in total. The molecule has 2 heterocycles. The molecule has 1 aliphatic heterocycles. The summed E-state index contributed by atoms with van der Waals surface area (Å²) in [5.41, 5.74) is 1.66. The molecule has 0 bridgehead atoms. The number of para-hydroxylation sites is 1. The Morgan fingerprint density at radius 2 is 1.69 bits per heavy atom. The molecular formula is C21H23ClN4O2S. The van der Waals surface area contributed by atoms with Gasteiger partial charge in [-0.25, -0.2) is 13.1 Å². The predicted octanol–water partition coefficient (Wildman–Crippen LogP) is 2.99. The maximum absolute atomic E-state index is 12.8. The summed E-state index contributed by atoms with van der Waals surface area (Å²) in [4.78, 5) is 9.06. The average molecular weight is 431 g/mol. The van der Waals surface area contributed by atoms with Crippen LogP contribution in [0.5, 0.6) is 0 Å². The van der Waals surface area contributed by atoms with Crippen LogP contribution in [-0.4, -0.2) is 57.6 Å². The van der Waals surface area contributed by atoms with Crippen molar-refractivity contribution in [3.8, 4) is 0 Å². The van der Waals surface area contributed by atoms with Crippen LogP contribution in [0, 0.1) is 0 Å². The number of hydrogen-bond acceptors (Lipinski definition) is 5. The number of piperazine rings is 1. The maximum atomic E-state index is 12.8. The fourth-order valence-corrected chi connectivity index (χ4v) is 4.91. The fraction of sp³-hybridized carbons (Fsp3) is 0.286. The number of fused-ring (bicyclic) bond motifs is 1. The molecule has 0 saturated carbocycles.